The molecule has 0 spiro atoms. The minimum Gasteiger partial charge on any atom is -0.490 e. The summed E-state index contributed by atoms with van der Waals surface area (Å²) in [7, 11) is 0. The average Bonchev–Trinajstić information content (AvgIpc) is 2.40. The standard InChI is InChI=1S/C17H30N2O2/c1-14(2)8-9-20-10-11-21-16-7-6-15(18-13-16)12-19-17(3,4)5/h6-7,13-14,19H,8-12H2,1-5H3. The van der Waals surface area contributed by atoms with Crippen molar-refractivity contribution in [3.63, 3.8) is 0 Å². The molecule has 0 unspecified atom stereocenters. The minimum absolute atomic E-state index is 0.101. The molecule has 120 valence electrons. The van der Waals surface area contributed by atoms with Crippen LogP contribution in [0.3, 0.4) is 0 Å². The van der Waals surface area contributed by atoms with Gasteiger partial charge in [-0.1, -0.05) is 13.8 Å². The number of hydrogen-bond donors (Lipinski definition) is 1. The summed E-state index contributed by atoms with van der Waals surface area (Å²) in [5.74, 6) is 1.48. The topological polar surface area (TPSA) is 43.4 Å². The maximum absolute atomic E-state index is 5.61. The van der Waals surface area contributed by atoms with Crippen LogP contribution >= 0.6 is 0 Å². The van der Waals surface area contributed by atoms with Gasteiger partial charge in [0.15, 0.2) is 0 Å². The highest BCUT2D eigenvalue weighted by Crippen LogP contribution is 2.10. The third kappa shape index (κ3) is 9.43. The molecule has 0 bridgehead atoms. The van der Waals surface area contributed by atoms with Crippen molar-refractivity contribution >= 4 is 0 Å². The van der Waals surface area contributed by atoms with Crippen LogP contribution in [-0.2, 0) is 11.3 Å². The van der Waals surface area contributed by atoms with Crippen LogP contribution < -0.4 is 10.1 Å². The van der Waals surface area contributed by atoms with Crippen molar-refractivity contribution in [2.75, 3.05) is 19.8 Å². The van der Waals surface area contributed by atoms with Gasteiger partial charge in [0, 0.05) is 18.7 Å². The summed E-state index contributed by atoms with van der Waals surface area (Å²) >= 11 is 0. The minimum atomic E-state index is 0.101. The normalized spacial score (nSPS) is 11.9. The zero-order valence-corrected chi connectivity index (χ0v) is 14.1. The molecule has 21 heavy (non-hydrogen) atoms. The Labute approximate surface area is 129 Å². The Morgan fingerprint density at radius 1 is 1.14 bits per heavy atom. The SMILES string of the molecule is CC(C)CCOCCOc1ccc(CNC(C)(C)C)nc1. The second-order valence-corrected chi connectivity index (χ2v) is 6.73. The first kappa shape index (κ1) is 17.9. The smallest absolute Gasteiger partial charge is 0.137 e. The van der Waals surface area contributed by atoms with E-state index in [0.29, 0.717) is 19.1 Å². The molecule has 0 aliphatic rings. The number of ether oxygens (including phenoxy) is 2. The predicted molar refractivity (Wildman–Crippen MR) is 86.6 cm³/mol. The number of rotatable bonds is 9. The summed E-state index contributed by atoms with van der Waals surface area (Å²) in [6, 6.07) is 3.95. The molecule has 1 aromatic heterocycles. The van der Waals surface area contributed by atoms with Crippen LogP contribution in [0.2, 0.25) is 0 Å². The zero-order valence-electron chi connectivity index (χ0n) is 14.1. The van der Waals surface area contributed by atoms with Crippen LogP contribution in [0, 0.1) is 5.92 Å². The maximum Gasteiger partial charge on any atom is 0.137 e. The van der Waals surface area contributed by atoms with E-state index < -0.39 is 0 Å². The van der Waals surface area contributed by atoms with Crippen LogP contribution in [0.25, 0.3) is 0 Å². The van der Waals surface area contributed by atoms with E-state index in [1.165, 1.54) is 0 Å². The van der Waals surface area contributed by atoms with Crippen molar-refractivity contribution in [2.24, 2.45) is 5.92 Å². The van der Waals surface area contributed by atoms with E-state index in [9.17, 15) is 0 Å². The Morgan fingerprint density at radius 3 is 2.48 bits per heavy atom. The van der Waals surface area contributed by atoms with E-state index >= 15 is 0 Å². The summed E-state index contributed by atoms with van der Waals surface area (Å²) < 4.78 is 11.1. The molecule has 0 aliphatic heterocycles. The van der Waals surface area contributed by atoms with Gasteiger partial charge in [0.05, 0.1) is 18.5 Å². The molecule has 0 aliphatic carbocycles. The molecule has 1 N–H and O–H groups in total. The van der Waals surface area contributed by atoms with E-state index in [1.807, 2.05) is 12.1 Å². The highest BCUT2D eigenvalue weighted by molar-refractivity contribution is 5.19. The molecule has 0 amide bonds. The van der Waals surface area contributed by atoms with Crippen molar-refractivity contribution in [3.05, 3.63) is 24.0 Å². The van der Waals surface area contributed by atoms with Gasteiger partial charge in [0.2, 0.25) is 0 Å². The van der Waals surface area contributed by atoms with Crippen LogP contribution in [0.1, 0.15) is 46.7 Å². The fraction of sp³-hybridized carbons (Fsp3) is 0.706. The van der Waals surface area contributed by atoms with Gasteiger partial charge >= 0.3 is 0 Å². The summed E-state index contributed by atoms with van der Waals surface area (Å²) in [5, 5.41) is 3.41. The first-order valence-corrected chi connectivity index (χ1v) is 7.77. The lowest BCUT2D eigenvalue weighted by molar-refractivity contribution is 0.0924. The highest BCUT2D eigenvalue weighted by Gasteiger charge is 2.08. The zero-order chi connectivity index (χ0) is 15.7. The molecule has 0 atom stereocenters. The molecule has 1 heterocycles. The fourth-order valence-electron chi connectivity index (χ4n) is 1.60. The lowest BCUT2D eigenvalue weighted by atomic mass is 10.1. The predicted octanol–water partition coefficient (Wildman–Crippen LogP) is 3.41. The molecule has 1 aromatic rings. The van der Waals surface area contributed by atoms with Crippen molar-refractivity contribution < 1.29 is 9.47 Å². The first-order chi connectivity index (χ1) is 9.87. The molecular formula is C17H30N2O2. The largest absolute Gasteiger partial charge is 0.490 e. The molecule has 0 saturated heterocycles. The van der Waals surface area contributed by atoms with Crippen LogP contribution in [-0.4, -0.2) is 30.3 Å². The summed E-state index contributed by atoms with van der Waals surface area (Å²) in [6.07, 6.45) is 2.87. The van der Waals surface area contributed by atoms with Gasteiger partial charge in [0.1, 0.15) is 12.4 Å². The van der Waals surface area contributed by atoms with E-state index in [-0.39, 0.29) is 5.54 Å². The monoisotopic (exact) mass is 294 g/mol. The quantitative estimate of drug-likeness (QED) is 0.709. The molecule has 1 rings (SSSR count). The number of hydrogen-bond acceptors (Lipinski definition) is 4. The van der Waals surface area contributed by atoms with Gasteiger partial charge in [-0.15, -0.1) is 0 Å². The number of pyridine rings is 1. The summed E-state index contributed by atoms with van der Waals surface area (Å²) in [4.78, 5) is 4.39. The van der Waals surface area contributed by atoms with E-state index in [4.69, 9.17) is 9.47 Å². The second kappa shape index (κ2) is 9.00. The molecule has 4 heteroatoms. The van der Waals surface area contributed by atoms with Gasteiger partial charge in [-0.05, 0) is 45.2 Å². The van der Waals surface area contributed by atoms with Gasteiger partial charge in [0.25, 0.3) is 0 Å². The lowest BCUT2D eigenvalue weighted by Crippen LogP contribution is -2.35. The number of aromatic nitrogens is 1. The Morgan fingerprint density at radius 2 is 1.90 bits per heavy atom. The summed E-state index contributed by atoms with van der Waals surface area (Å²) in [5.41, 5.74) is 1.12. The van der Waals surface area contributed by atoms with E-state index in [2.05, 4.69) is 44.9 Å². The van der Waals surface area contributed by atoms with E-state index in [0.717, 1.165) is 31.0 Å². The molecular weight excluding hydrogens is 264 g/mol. The van der Waals surface area contributed by atoms with Gasteiger partial charge in [-0.3, -0.25) is 4.98 Å². The first-order valence-electron chi connectivity index (χ1n) is 7.77. The van der Waals surface area contributed by atoms with Gasteiger partial charge < -0.3 is 14.8 Å². The fourth-order valence-corrected chi connectivity index (χ4v) is 1.60. The Bertz CT molecular complexity index is 383. The average molecular weight is 294 g/mol. The Hall–Kier alpha value is -1.13. The third-order valence-corrected chi connectivity index (χ3v) is 2.93. The molecule has 0 saturated carbocycles. The number of nitrogens with zero attached hydrogens (tertiary/aromatic N) is 1. The van der Waals surface area contributed by atoms with Crippen molar-refractivity contribution in [1.29, 1.82) is 0 Å². The van der Waals surface area contributed by atoms with Crippen LogP contribution in [0.5, 0.6) is 5.75 Å². The maximum atomic E-state index is 5.61. The van der Waals surface area contributed by atoms with Crippen molar-refractivity contribution in [2.45, 2.75) is 53.1 Å². The molecule has 0 radical (unpaired) electrons. The third-order valence-electron chi connectivity index (χ3n) is 2.93. The van der Waals surface area contributed by atoms with Crippen LogP contribution in [0.15, 0.2) is 18.3 Å². The molecule has 4 nitrogen and oxygen atoms in total. The van der Waals surface area contributed by atoms with Crippen molar-refractivity contribution in [3.8, 4) is 5.75 Å². The van der Waals surface area contributed by atoms with E-state index in [1.54, 1.807) is 6.20 Å². The molecule has 0 aromatic carbocycles. The van der Waals surface area contributed by atoms with Crippen LogP contribution in [0.4, 0.5) is 0 Å². The van der Waals surface area contributed by atoms with Gasteiger partial charge in [-0.25, -0.2) is 0 Å². The number of nitrogens with one attached hydrogen (secondary N) is 1. The van der Waals surface area contributed by atoms with Crippen molar-refractivity contribution in [1.82, 2.24) is 10.3 Å². The highest BCUT2D eigenvalue weighted by atomic mass is 16.5. The Balaban J connectivity index is 2.19. The molecule has 0 fully saturated rings. The second-order valence-electron chi connectivity index (χ2n) is 6.73. The lowest BCUT2D eigenvalue weighted by Gasteiger charge is -2.20. The Kier molecular flexibility index (Phi) is 7.68. The van der Waals surface area contributed by atoms with Gasteiger partial charge in [-0.2, -0.15) is 0 Å². The summed E-state index contributed by atoms with van der Waals surface area (Å²) in [6.45, 7) is 13.6.